The SMILES string of the molecule is CCCCCNC(=O)C1CSC(C2CCCCC2)N1C(=O)c1cccc(F)c1. The molecule has 3 rings (SSSR count). The molecule has 1 aliphatic heterocycles. The van der Waals surface area contributed by atoms with E-state index in [0.717, 1.165) is 32.1 Å². The molecular weight excluding hydrogens is 375 g/mol. The lowest BCUT2D eigenvalue weighted by Gasteiger charge is -2.35. The number of carbonyl (C=O) groups is 2. The first-order valence-corrected chi connectivity index (χ1v) is 11.6. The summed E-state index contributed by atoms with van der Waals surface area (Å²) in [5.74, 6) is 0.295. The molecule has 1 saturated heterocycles. The zero-order chi connectivity index (χ0) is 19.9. The van der Waals surface area contributed by atoms with E-state index >= 15 is 0 Å². The normalized spacial score (nSPS) is 23.0. The predicted octanol–water partition coefficient (Wildman–Crippen LogP) is 4.60. The van der Waals surface area contributed by atoms with Gasteiger partial charge in [-0.2, -0.15) is 0 Å². The smallest absolute Gasteiger partial charge is 0.255 e. The Morgan fingerprint density at radius 3 is 2.71 bits per heavy atom. The minimum atomic E-state index is -0.477. The molecule has 1 aromatic carbocycles. The summed E-state index contributed by atoms with van der Waals surface area (Å²) in [6.45, 7) is 2.77. The summed E-state index contributed by atoms with van der Waals surface area (Å²) in [6.07, 6.45) is 8.92. The van der Waals surface area contributed by atoms with Crippen molar-refractivity contribution in [2.45, 2.75) is 69.7 Å². The summed E-state index contributed by atoms with van der Waals surface area (Å²) in [5, 5.41) is 3.01. The number of nitrogens with zero attached hydrogens (tertiary/aromatic N) is 1. The summed E-state index contributed by atoms with van der Waals surface area (Å²) in [4.78, 5) is 27.9. The minimum Gasteiger partial charge on any atom is -0.354 e. The average Bonchev–Trinajstić information content (AvgIpc) is 3.16. The molecule has 0 spiro atoms. The number of amides is 2. The van der Waals surface area contributed by atoms with Gasteiger partial charge in [-0.25, -0.2) is 4.39 Å². The third-order valence-electron chi connectivity index (χ3n) is 5.78. The first kappa shape index (κ1) is 21.2. The van der Waals surface area contributed by atoms with Crippen molar-refractivity contribution in [3.05, 3.63) is 35.6 Å². The quantitative estimate of drug-likeness (QED) is 0.674. The van der Waals surface area contributed by atoms with Crippen molar-refractivity contribution in [1.29, 1.82) is 0 Å². The Balaban J connectivity index is 1.78. The van der Waals surface area contributed by atoms with Gasteiger partial charge < -0.3 is 10.2 Å². The van der Waals surface area contributed by atoms with Gasteiger partial charge in [-0.15, -0.1) is 11.8 Å². The van der Waals surface area contributed by atoms with Gasteiger partial charge in [0.25, 0.3) is 5.91 Å². The topological polar surface area (TPSA) is 49.4 Å². The molecule has 0 radical (unpaired) electrons. The van der Waals surface area contributed by atoms with Crippen LogP contribution in [-0.2, 0) is 4.79 Å². The molecule has 1 N–H and O–H groups in total. The third-order valence-corrected chi connectivity index (χ3v) is 7.24. The Kier molecular flexibility index (Phi) is 7.77. The van der Waals surface area contributed by atoms with Gasteiger partial charge in [-0.05, 0) is 43.4 Å². The summed E-state index contributed by atoms with van der Waals surface area (Å²) >= 11 is 1.71. The number of hydrogen-bond acceptors (Lipinski definition) is 3. The highest BCUT2D eigenvalue weighted by Crippen LogP contribution is 2.41. The van der Waals surface area contributed by atoms with E-state index in [4.69, 9.17) is 0 Å². The second-order valence-corrected chi connectivity index (χ2v) is 9.01. The molecule has 2 amide bonds. The number of hydrogen-bond donors (Lipinski definition) is 1. The predicted molar refractivity (Wildman–Crippen MR) is 112 cm³/mol. The zero-order valence-electron chi connectivity index (χ0n) is 16.7. The van der Waals surface area contributed by atoms with Gasteiger partial charge in [0.15, 0.2) is 0 Å². The van der Waals surface area contributed by atoms with E-state index in [9.17, 15) is 14.0 Å². The maximum Gasteiger partial charge on any atom is 0.255 e. The first-order valence-electron chi connectivity index (χ1n) is 10.6. The van der Waals surface area contributed by atoms with Crippen LogP contribution in [0.4, 0.5) is 4.39 Å². The number of carbonyl (C=O) groups excluding carboxylic acids is 2. The zero-order valence-corrected chi connectivity index (χ0v) is 17.5. The van der Waals surface area contributed by atoms with Crippen LogP contribution in [0.25, 0.3) is 0 Å². The average molecular weight is 407 g/mol. The van der Waals surface area contributed by atoms with Crippen molar-refractivity contribution in [2.24, 2.45) is 5.92 Å². The molecule has 4 nitrogen and oxygen atoms in total. The Labute approximate surface area is 171 Å². The maximum atomic E-state index is 13.7. The van der Waals surface area contributed by atoms with Crippen LogP contribution in [0.1, 0.15) is 68.6 Å². The molecule has 1 aromatic rings. The van der Waals surface area contributed by atoms with E-state index < -0.39 is 11.9 Å². The van der Waals surface area contributed by atoms with Crippen molar-refractivity contribution < 1.29 is 14.0 Å². The molecule has 2 aliphatic rings. The summed E-state index contributed by atoms with van der Waals surface area (Å²) < 4.78 is 13.7. The molecule has 154 valence electrons. The Morgan fingerprint density at radius 1 is 1.21 bits per heavy atom. The molecule has 1 aliphatic carbocycles. The summed E-state index contributed by atoms with van der Waals surface area (Å²) in [7, 11) is 0. The van der Waals surface area contributed by atoms with Crippen molar-refractivity contribution in [1.82, 2.24) is 10.2 Å². The number of benzene rings is 1. The molecule has 2 unspecified atom stereocenters. The molecule has 28 heavy (non-hydrogen) atoms. The fourth-order valence-corrected chi connectivity index (χ4v) is 5.88. The monoisotopic (exact) mass is 406 g/mol. The van der Waals surface area contributed by atoms with E-state index in [2.05, 4.69) is 12.2 Å². The lowest BCUT2D eigenvalue weighted by molar-refractivity contribution is -0.125. The van der Waals surface area contributed by atoms with Crippen LogP contribution in [-0.4, -0.2) is 40.4 Å². The Morgan fingerprint density at radius 2 is 2.00 bits per heavy atom. The van der Waals surface area contributed by atoms with E-state index in [1.165, 1.54) is 31.4 Å². The standard InChI is InChI=1S/C22H31FN2O2S/c1-2-3-7-13-24-20(26)19-15-28-22(16-9-5-4-6-10-16)25(19)21(27)17-11-8-12-18(23)14-17/h8,11-12,14,16,19,22H,2-7,9-10,13,15H2,1H3,(H,24,26). The second kappa shape index (κ2) is 10.3. The largest absolute Gasteiger partial charge is 0.354 e. The number of thioether (sulfide) groups is 1. The molecule has 0 bridgehead atoms. The van der Waals surface area contributed by atoms with Crippen LogP contribution in [0.3, 0.4) is 0 Å². The van der Waals surface area contributed by atoms with Gasteiger partial charge in [0.1, 0.15) is 11.9 Å². The van der Waals surface area contributed by atoms with Gasteiger partial charge in [0, 0.05) is 17.9 Å². The van der Waals surface area contributed by atoms with Gasteiger partial charge in [0.05, 0.1) is 5.37 Å². The van der Waals surface area contributed by atoms with Crippen LogP contribution in [0.5, 0.6) is 0 Å². The molecular formula is C22H31FN2O2S. The van der Waals surface area contributed by atoms with E-state index in [0.29, 0.717) is 23.8 Å². The lowest BCUT2D eigenvalue weighted by Crippen LogP contribution is -2.51. The van der Waals surface area contributed by atoms with Gasteiger partial charge >= 0.3 is 0 Å². The van der Waals surface area contributed by atoms with Crippen molar-refractivity contribution in [3.8, 4) is 0 Å². The summed E-state index contributed by atoms with van der Waals surface area (Å²) in [6, 6.07) is 5.34. The van der Waals surface area contributed by atoms with Crippen molar-refractivity contribution in [2.75, 3.05) is 12.3 Å². The van der Waals surface area contributed by atoms with Crippen molar-refractivity contribution >= 4 is 23.6 Å². The Hall–Kier alpha value is -1.56. The Bertz CT molecular complexity index is 678. The minimum absolute atomic E-state index is 0.00228. The number of halogens is 1. The highest BCUT2D eigenvalue weighted by Gasteiger charge is 2.45. The molecule has 1 saturated carbocycles. The van der Waals surface area contributed by atoms with Gasteiger partial charge in [0.2, 0.25) is 5.91 Å². The van der Waals surface area contributed by atoms with Crippen LogP contribution in [0.2, 0.25) is 0 Å². The number of unbranched alkanes of at least 4 members (excludes halogenated alkanes) is 2. The molecule has 0 aromatic heterocycles. The van der Waals surface area contributed by atoms with Gasteiger partial charge in [-0.1, -0.05) is 45.1 Å². The fraction of sp³-hybridized carbons (Fsp3) is 0.636. The van der Waals surface area contributed by atoms with Crippen LogP contribution in [0, 0.1) is 11.7 Å². The summed E-state index contributed by atoms with van der Waals surface area (Å²) in [5.41, 5.74) is 0.326. The van der Waals surface area contributed by atoms with Crippen LogP contribution < -0.4 is 5.32 Å². The van der Waals surface area contributed by atoms with Crippen LogP contribution >= 0.6 is 11.8 Å². The van der Waals surface area contributed by atoms with E-state index in [-0.39, 0.29) is 17.2 Å². The number of nitrogens with one attached hydrogen (secondary N) is 1. The molecule has 2 fully saturated rings. The van der Waals surface area contributed by atoms with E-state index in [1.807, 2.05) is 0 Å². The second-order valence-electron chi connectivity index (χ2n) is 7.86. The maximum absolute atomic E-state index is 13.7. The van der Waals surface area contributed by atoms with Crippen molar-refractivity contribution in [3.63, 3.8) is 0 Å². The molecule has 1 heterocycles. The fourth-order valence-electron chi connectivity index (χ4n) is 4.24. The van der Waals surface area contributed by atoms with Gasteiger partial charge in [-0.3, -0.25) is 9.59 Å². The number of rotatable bonds is 7. The lowest BCUT2D eigenvalue weighted by atomic mass is 9.88. The highest BCUT2D eigenvalue weighted by molar-refractivity contribution is 8.00. The molecule has 2 atom stereocenters. The van der Waals surface area contributed by atoms with Crippen LogP contribution in [0.15, 0.2) is 24.3 Å². The van der Waals surface area contributed by atoms with E-state index in [1.54, 1.807) is 28.8 Å². The third kappa shape index (κ3) is 5.07. The first-order chi connectivity index (χ1) is 13.6. The highest BCUT2D eigenvalue weighted by atomic mass is 32.2. The molecule has 6 heteroatoms.